The summed E-state index contributed by atoms with van der Waals surface area (Å²) in [6.07, 6.45) is 2.13. The molecule has 0 atom stereocenters. The number of H-pyrrole nitrogens is 1. The Kier molecular flexibility index (Phi) is 6.22. The summed E-state index contributed by atoms with van der Waals surface area (Å²) >= 11 is 0. The first-order valence-electron chi connectivity index (χ1n) is 8.72. The number of aryl methyl sites for hydroxylation is 1. The van der Waals surface area contributed by atoms with Crippen molar-refractivity contribution in [2.24, 2.45) is 0 Å². The highest BCUT2D eigenvalue weighted by molar-refractivity contribution is 5.81. The van der Waals surface area contributed by atoms with Crippen LogP contribution in [0.25, 0.3) is 10.9 Å². The number of nitrogens with one attached hydrogen (secondary N) is 2. The first kappa shape index (κ1) is 17.5. The Morgan fingerprint density at radius 2 is 1.91 bits per heavy atom. The second-order valence-electron chi connectivity index (χ2n) is 6.10. The number of pyridine rings is 1. The fourth-order valence-electron chi connectivity index (χ4n) is 2.82. The molecule has 0 saturated heterocycles. The Morgan fingerprint density at radius 3 is 2.57 bits per heavy atom. The van der Waals surface area contributed by atoms with Crippen LogP contribution in [0.5, 0.6) is 5.75 Å². The van der Waals surface area contributed by atoms with Crippen LogP contribution in [0.1, 0.15) is 44.9 Å². The van der Waals surface area contributed by atoms with Gasteiger partial charge >= 0.3 is 0 Å². The van der Waals surface area contributed by atoms with Gasteiger partial charge in [0.25, 0.3) is 0 Å². The number of aromatic amines is 1. The molecule has 0 aliphatic rings. The van der Waals surface area contributed by atoms with Crippen molar-refractivity contribution in [2.75, 3.05) is 19.7 Å². The van der Waals surface area contributed by atoms with Crippen LogP contribution in [0.2, 0.25) is 0 Å². The van der Waals surface area contributed by atoms with Crippen molar-refractivity contribution in [3.8, 4) is 5.75 Å². The zero-order valence-corrected chi connectivity index (χ0v) is 14.8. The number of ether oxygens (including phenoxy) is 1. The number of hydrogen-bond acceptors (Lipinski definition) is 2. The largest absolute Gasteiger partial charge is 0.494 e. The van der Waals surface area contributed by atoms with Crippen molar-refractivity contribution in [3.63, 3.8) is 0 Å². The number of aromatic nitrogens is 1. The van der Waals surface area contributed by atoms with Gasteiger partial charge in [0.1, 0.15) is 12.3 Å². The van der Waals surface area contributed by atoms with Crippen molar-refractivity contribution in [2.45, 2.75) is 47.1 Å². The van der Waals surface area contributed by atoms with Gasteiger partial charge in [-0.15, -0.1) is 0 Å². The Hall–Kier alpha value is -1.81. The van der Waals surface area contributed by atoms with Crippen LogP contribution in [-0.2, 0) is 6.54 Å². The van der Waals surface area contributed by atoms with E-state index in [1.165, 1.54) is 4.90 Å². The Labute approximate surface area is 138 Å². The van der Waals surface area contributed by atoms with E-state index in [1.54, 1.807) is 0 Å². The highest BCUT2D eigenvalue weighted by Crippen LogP contribution is 2.18. The molecule has 0 aliphatic heterocycles. The average molecular weight is 317 g/mol. The second kappa shape index (κ2) is 8.16. The molecule has 0 spiro atoms. The minimum absolute atomic E-state index is 0.136. The maximum absolute atomic E-state index is 12.9. The molecule has 1 aromatic heterocycles. The molecule has 2 N–H and O–H groups in total. The van der Waals surface area contributed by atoms with Gasteiger partial charge in [0, 0.05) is 16.6 Å². The van der Waals surface area contributed by atoms with Crippen molar-refractivity contribution in [3.05, 3.63) is 39.7 Å². The number of fused-ring (bicyclic) bond motifs is 1. The summed E-state index contributed by atoms with van der Waals surface area (Å²) in [6.45, 7) is 11.9. The Morgan fingerprint density at radius 1 is 1.17 bits per heavy atom. The lowest BCUT2D eigenvalue weighted by molar-refractivity contribution is -0.910. The summed E-state index contributed by atoms with van der Waals surface area (Å²) in [5.74, 6) is 0.779. The summed E-state index contributed by atoms with van der Waals surface area (Å²) in [5, 5.41) is 0.728. The average Bonchev–Trinajstić information content (AvgIpc) is 2.56. The van der Waals surface area contributed by atoms with Gasteiger partial charge in [-0.05, 0) is 45.4 Å². The minimum atomic E-state index is 0.136. The molecule has 1 heterocycles. The van der Waals surface area contributed by atoms with E-state index in [2.05, 4.69) is 25.8 Å². The second-order valence-corrected chi connectivity index (χ2v) is 6.10. The van der Waals surface area contributed by atoms with E-state index >= 15 is 0 Å². The predicted molar refractivity (Wildman–Crippen MR) is 95.5 cm³/mol. The van der Waals surface area contributed by atoms with E-state index in [0.717, 1.165) is 60.4 Å². The molecular weight excluding hydrogens is 288 g/mol. The summed E-state index contributed by atoms with van der Waals surface area (Å²) in [7, 11) is 0. The summed E-state index contributed by atoms with van der Waals surface area (Å²) in [4.78, 5) is 17.7. The van der Waals surface area contributed by atoms with Crippen LogP contribution in [0.4, 0.5) is 0 Å². The smallest absolute Gasteiger partial charge is 0.198 e. The lowest BCUT2D eigenvalue weighted by Crippen LogP contribution is -3.10. The zero-order valence-electron chi connectivity index (χ0n) is 14.8. The van der Waals surface area contributed by atoms with E-state index in [4.69, 9.17) is 4.74 Å². The van der Waals surface area contributed by atoms with Gasteiger partial charge in [-0.1, -0.05) is 13.3 Å². The monoisotopic (exact) mass is 317 g/mol. The van der Waals surface area contributed by atoms with Gasteiger partial charge < -0.3 is 14.6 Å². The zero-order chi connectivity index (χ0) is 16.8. The standard InChI is InChI=1S/C19H28N2O2/c1-5-8-11-23-15-9-10-18-16(12-15)19(22)17(14(4)20-18)13-21(6-2)7-3/h9-10,12H,5-8,11,13H2,1-4H3,(H,20,22)/p+1. The Balaban J connectivity index is 2.39. The van der Waals surface area contributed by atoms with Crippen LogP contribution in [0.3, 0.4) is 0 Å². The SMILES string of the molecule is CCCCOc1ccc2[nH]c(C)c(C[NH+](CC)CC)c(=O)c2c1. The third kappa shape index (κ3) is 4.14. The quantitative estimate of drug-likeness (QED) is 0.735. The first-order chi connectivity index (χ1) is 11.1. The van der Waals surface area contributed by atoms with Gasteiger partial charge in [-0.3, -0.25) is 4.79 Å². The molecule has 1 aromatic carbocycles. The maximum Gasteiger partial charge on any atom is 0.198 e. The molecule has 0 bridgehead atoms. The molecule has 4 nitrogen and oxygen atoms in total. The van der Waals surface area contributed by atoms with E-state index in [0.29, 0.717) is 6.61 Å². The molecule has 0 fully saturated rings. The third-order valence-electron chi connectivity index (χ3n) is 4.48. The molecule has 0 radical (unpaired) electrons. The molecule has 0 amide bonds. The molecule has 2 rings (SSSR count). The van der Waals surface area contributed by atoms with E-state index in [9.17, 15) is 4.79 Å². The fourth-order valence-corrected chi connectivity index (χ4v) is 2.82. The van der Waals surface area contributed by atoms with Gasteiger partial charge in [0.2, 0.25) is 0 Å². The van der Waals surface area contributed by atoms with Crippen LogP contribution < -0.4 is 15.1 Å². The lowest BCUT2D eigenvalue weighted by Gasteiger charge is -2.17. The van der Waals surface area contributed by atoms with Crippen LogP contribution >= 0.6 is 0 Å². The van der Waals surface area contributed by atoms with Gasteiger partial charge in [0.15, 0.2) is 5.43 Å². The predicted octanol–water partition coefficient (Wildman–Crippen LogP) is 2.44. The highest BCUT2D eigenvalue weighted by atomic mass is 16.5. The van der Waals surface area contributed by atoms with Crippen molar-refractivity contribution in [1.82, 2.24) is 4.98 Å². The van der Waals surface area contributed by atoms with Crippen molar-refractivity contribution >= 4 is 10.9 Å². The topological polar surface area (TPSA) is 46.5 Å². The van der Waals surface area contributed by atoms with Crippen molar-refractivity contribution < 1.29 is 9.64 Å². The Bertz CT molecular complexity index is 702. The highest BCUT2D eigenvalue weighted by Gasteiger charge is 2.14. The number of rotatable bonds is 8. The molecule has 0 unspecified atom stereocenters. The van der Waals surface area contributed by atoms with Gasteiger partial charge in [-0.2, -0.15) is 0 Å². The molecule has 2 aromatic rings. The summed E-state index contributed by atoms with van der Waals surface area (Å²) in [5.41, 5.74) is 2.88. The molecule has 23 heavy (non-hydrogen) atoms. The van der Waals surface area contributed by atoms with Gasteiger partial charge in [0.05, 0.1) is 25.3 Å². The van der Waals surface area contributed by atoms with Crippen LogP contribution in [0.15, 0.2) is 23.0 Å². The molecular formula is C19H29N2O2+. The number of quaternary nitrogens is 1. The van der Waals surface area contributed by atoms with Crippen LogP contribution in [-0.4, -0.2) is 24.7 Å². The summed E-state index contributed by atoms with van der Waals surface area (Å²) in [6, 6.07) is 5.76. The summed E-state index contributed by atoms with van der Waals surface area (Å²) < 4.78 is 5.75. The van der Waals surface area contributed by atoms with E-state index in [1.807, 2.05) is 25.1 Å². The number of hydrogen-bond donors (Lipinski definition) is 2. The lowest BCUT2D eigenvalue weighted by atomic mass is 10.1. The van der Waals surface area contributed by atoms with E-state index in [-0.39, 0.29) is 5.43 Å². The fraction of sp³-hybridized carbons (Fsp3) is 0.526. The van der Waals surface area contributed by atoms with E-state index < -0.39 is 0 Å². The van der Waals surface area contributed by atoms with Crippen molar-refractivity contribution in [1.29, 1.82) is 0 Å². The molecule has 126 valence electrons. The number of unbranched alkanes of at least 4 members (excludes halogenated alkanes) is 1. The molecule has 0 aliphatic carbocycles. The number of benzene rings is 1. The normalized spacial score (nSPS) is 11.3. The minimum Gasteiger partial charge on any atom is -0.494 e. The third-order valence-corrected chi connectivity index (χ3v) is 4.48. The van der Waals surface area contributed by atoms with Gasteiger partial charge in [-0.25, -0.2) is 0 Å². The molecule has 0 saturated carbocycles. The maximum atomic E-state index is 12.9. The van der Waals surface area contributed by atoms with Crippen LogP contribution in [0, 0.1) is 6.92 Å². The first-order valence-corrected chi connectivity index (χ1v) is 8.72. The molecule has 4 heteroatoms.